The molecule has 0 amide bonds. The van der Waals surface area contributed by atoms with Gasteiger partial charge in [-0.15, -0.1) is 0 Å². The molecule has 1 aliphatic rings. The Morgan fingerprint density at radius 2 is 1.95 bits per heavy atom. The molecule has 2 aromatic heterocycles. The van der Waals surface area contributed by atoms with Crippen molar-refractivity contribution < 1.29 is 4.74 Å². The molecule has 1 aromatic carbocycles. The van der Waals surface area contributed by atoms with Gasteiger partial charge in [-0.3, -0.25) is 0 Å². The second-order valence-electron chi connectivity index (χ2n) is 5.53. The van der Waals surface area contributed by atoms with Gasteiger partial charge in [0.2, 0.25) is 0 Å². The lowest BCUT2D eigenvalue weighted by molar-refractivity contribution is 0.416. The van der Waals surface area contributed by atoms with Crippen LogP contribution in [0.3, 0.4) is 0 Å². The van der Waals surface area contributed by atoms with Crippen LogP contribution in [0.25, 0.3) is 16.8 Å². The van der Waals surface area contributed by atoms with Crippen LogP contribution in [0.4, 0.5) is 0 Å². The first-order valence-electron chi connectivity index (χ1n) is 7.48. The highest BCUT2D eigenvalue weighted by Gasteiger charge is 2.21. The number of nitrogens with zero attached hydrogens (tertiary/aromatic N) is 3. The molecule has 22 heavy (non-hydrogen) atoms. The Morgan fingerprint density at radius 3 is 2.82 bits per heavy atom. The molecule has 0 fully saturated rings. The molecular formula is C17H16ClN3O. The number of aromatic nitrogens is 3. The Kier molecular flexibility index (Phi) is 3.26. The van der Waals surface area contributed by atoms with Crippen molar-refractivity contribution in [2.75, 3.05) is 7.11 Å². The highest BCUT2D eigenvalue weighted by atomic mass is 35.5. The number of methoxy groups -OCH3 is 1. The number of rotatable bonds is 2. The second kappa shape index (κ2) is 5.29. The highest BCUT2D eigenvalue weighted by Crippen LogP contribution is 2.35. The summed E-state index contributed by atoms with van der Waals surface area (Å²) in [6, 6.07) is 7.90. The standard InChI is InChI=1S/C17H16ClN3O/c1-22-15-9-5-3-6-11(15)13-10-19-21-16(18)12-7-2-4-8-14(12)20-17(13)21/h3,5-6,9-10H,2,4,7-8H2,1H3. The zero-order chi connectivity index (χ0) is 15.1. The maximum Gasteiger partial charge on any atom is 0.164 e. The molecule has 0 radical (unpaired) electrons. The van der Waals surface area contributed by atoms with Gasteiger partial charge in [-0.2, -0.15) is 5.10 Å². The topological polar surface area (TPSA) is 39.4 Å². The Labute approximate surface area is 133 Å². The zero-order valence-corrected chi connectivity index (χ0v) is 13.1. The molecule has 112 valence electrons. The number of fused-ring (bicyclic) bond motifs is 2. The van der Waals surface area contributed by atoms with Gasteiger partial charge in [0.25, 0.3) is 0 Å². The summed E-state index contributed by atoms with van der Waals surface area (Å²) in [7, 11) is 1.67. The van der Waals surface area contributed by atoms with Crippen molar-refractivity contribution in [3.05, 3.63) is 46.9 Å². The lowest BCUT2D eigenvalue weighted by Gasteiger charge is -2.17. The van der Waals surface area contributed by atoms with Crippen LogP contribution < -0.4 is 4.74 Å². The molecule has 4 nitrogen and oxygen atoms in total. The summed E-state index contributed by atoms with van der Waals surface area (Å²) in [6.45, 7) is 0. The molecule has 0 saturated heterocycles. The molecule has 0 N–H and O–H groups in total. The van der Waals surface area contributed by atoms with Gasteiger partial charge in [0.1, 0.15) is 10.9 Å². The van der Waals surface area contributed by atoms with Gasteiger partial charge in [0.15, 0.2) is 5.65 Å². The summed E-state index contributed by atoms with van der Waals surface area (Å²) >= 11 is 6.56. The van der Waals surface area contributed by atoms with Crippen LogP contribution in [-0.2, 0) is 12.8 Å². The molecule has 0 aliphatic heterocycles. The minimum absolute atomic E-state index is 0.695. The summed E-state index contributed by atoms with van der Waals surface area (Å²) < 4.78 is 7.21. The number of ether oxygens (including phenoxy) is 1. The summed E-state index contributed by atoms with van der Waals surface area (Å²) in [5, 5.41) is 5.14. The molecule has 3 aromatic rings. The van der Waals surface area contributed by atoms with Crippen LogP contribution >= 0.6 is 11.6 Å². The second-order valence-corrected chi connectivity index (χ2v) is 5.89. The average molecular weight is 314 g/mol. The fourth-order valence-corrected chi connectivity index (χ4v) is 3.47. The van der Waals surface area contributed by atoms with Gasteiger partial charge in [-0.25, -0.2) is 9.50 Å². The molecule has 0 spiro atoms. The third-order valence-electron chi connectivity index (χ3n) is 4.26. The van der Waals surface area contributed by atoms with E-state index in [1.807, 2.05) is 30.5 Å². The van der Waals surface area contributed by atoms with E-state index in [1.165, 1.54) is 12.8 Å². The summed E-state index contributed by atoms with van der Waals surface area (Å²) in [5.74, 6) is 0.813. The van der Waals surface area contributed by atoms with Crippen molar-refractivity contribution in [1.82, 2.24) is 14.6 Å². The normalized spacial score (nSPS) is 14.1. The van der Waals surface area contributed by atoms with Gasteiger partial charge >= 0.3 is 0 Å². The van der Waals surface area contributed by atoms with E-state index < -0.39 is 0 Å². The molecule has 1 aliphatic carbocycles. The lowest BCUT2D eigenvalue weighted by Crippen LogP contribution is -2.10. The van der Waals surface area contributed by atoms with E-state index in [-0.39, 0.29) is 0 Å². The van der Waals surface area contributed by atoms with Crippen molar-refractivity contribution in [2.45, 2.75) is 25.7 Å². The van der Waals surface area contributed by atoms with Gasteiger partial charge in [0.05, 0.1) is 18.9 Å². The molecule has 0 bridgehead atoms. The van der Waals surface area contributed by atoms with Crippen molar-refractivity contribution in [3.8, 4) is 16.9 Å². The molecule has 5 heteroatoms. The number of aryl methyl sites for hydroxylation is 1. The van der Waals surface area contributed by atoms with Gasteiger partial charge in [0, 0.05) is 16.8 Å². The van der Waals surface area contributed by atoms with Crippen LogP contribution in [0.1, 0.15) is 24.1 Å². The first kappa shape index (κ1) is 13.6. The Hall–Kier alpha value is -2.07. The number of para-hydroxylation sites is 1. The molecule has 4 rings (SSSR count). The maximum atomic E-state index is 6.56. The molecule has 0 atom stereocenters. The smallest absolute Gasteiger partial charge is 0.164 e. The summed E-state index contributed by atoms with van der Waals surface area (Å²) in [6.07, 6.45) is 6.13. The van der Waals surface area contributed by atoms with Crippen molar-refractivity contribution in [1.29, 1.82) is 0 Å². The first-order chi connectivity index (χ1) is 10.8. The van der Waals surface area contributed by atoms with Crippen LogP contribution in [0, 0.1) is 0 Å². The predicted molar refractivity (Wildman–Crippen MR) is 86.6 cm³/mol. The molecule has 2 heterocycles. The number of benzene rings is 1. The fraction of sp³-hybridized carbons (Fsp3) is 0.294. The predicted octanol–water partition coefficient (Wildman–Crippen LogP) is 3.94. The van der Waals surface area contributed by atoms with E-state index >= 15 is 0 Å². The van der Waals surface area contributed by atoms with E-state index in [0.717, 1.165) is 46.6 Å². The number of halogens is 1. The van der Waals surface area contributed by atoms with Gasteiger partial charge in [-0.1, -0.05) is 29.8 Å². The minimum atomic E-state index is 0.695. The molecule has 0 unspecified atom stereocenters. The maximum absolute atomic E-state index is 6.56. The van der Waals surface area contributed by atoms with Crippen molar-refractivity contribution in [2.24, 2.45) is 0 Å². The van der Waals surface area contributed by atoms with Crippen LogP contribution in [0.5, 0.6) is 5.75 Å². The largest absolute Gasteiger partial charge is 0.496 e. The number of hydrogen-bond donors (Lipinski definition) is 0. The minimum Gasteiger partial charge on any atom is -0.496 e. The monoisotopic (exact) mass is 313 g/mol. The quantitative estimate of drug-likeness (QED) is 0.673. The van der Waals surface area contributed by atoms with Crippen molar-refractivity contribution in [3.63, 3.8) is 0 Å². The highest BCUT2D eigenvalue weighted by molar-refractivity contribution is 6.30. The third-order valence-corrected chi connectivity index (χ3v) is 4.64. The Balaban J connectivity index is 1.98. The van der Waals surface area contributed by atoms with Crippen LogP contribution in [0.2, 0.25) is 5.15 Å². The average Bonchev–Trinajstić information content (AvgIpc) is 2.99. The van der Waals surface area contributed by atoms with E-state index in [0.29, 0.717) is 5.15 Å². The van der Waals surface area contributed by atoms with E-state index in [1.54, 1.807) is 11.6 Å². The SMILES string of the molecule is COc1ccccc1-c1cnn2c(Cl)c3c(nc12)CCCC3. The molecule has 0 saturated carbocycles. The van der Waals surface area contributed by atoms with Crippen LogP contribution in [-0.4, -0.2) is 21.7 Å². The van der Waals surface area contributed by atoms with E-state index in [9.17, 15) is 0 Å². The van der Waals surface area contributed by atoms with Gasteiger partial charge in [-0.05, 0) is 31.7 Å². The lowest BCUT2D eigenvalue weighted by atomic mass is 9.97. The number of hydrogen-bond acceptors (Lipinski definition) is 3. The van der Waals surface area contributed by atoms with Crippen LogP contribution in [0.15, 0.2) is 30.5 Å². The van der Waals surface area contributed by atoms with E-state index in [2.05, 4.69) is 5.10 Å². The molecular weight excluding hydrogens is 298 g/mol. The zero-order valence-electron chi connectivity index (χ0n) is 12.3. The van der Waals surface area contributed by atoms with Gasteiger partial charge < -0.3 is 4.74 Å². The Morgan fingerprint density at radius 1 is 1.14 bits per heavy atom. The summed E-state index contributed by atoms with van der Waals surface area (Å²) in [4.78, 5) is 4.85. The fourth-order valence-electron chi connectivity index (χ4n) is 3.14. The first-order valence-corrected chi connectivity index (χ1v) is 7.86. The third kappa shape index (κ3) is 1.98. The Bertz CT molecular complexity index is 856. The van der Waals surface area contributed by atoms with Crippen molar-refractivity contribution >= 4 is 17.2 Å². The van der Waals surface area contributed by atoms with E-state index in [4.69, 9.17) is 21.3 Å². The summed E-state index contributed by atoms with van der Waals surface area (Å²) in [5.41, 5.74) is 5.00.